The first-order valence-electron chi connectivity index (χ1n) is 5.63. The largest absolute Gasteiger partial charge is 0.463 e. The molecule has 1 aromatic heterocycles. The molecule has 0 spiro atoms. The number of rotatable bonds is 1. The average Bonchev–Trinajstić information content (AvgIpc) is 2.60. The highest BCUT2D eigenvalue weighted by Crippen LogP contribution is 2.28. The van der Waals surface area contributed by atoms with Crippen molar-refractivity contribution in [2.75, 3.05) is 0 Å². The van der Waals surface area contributed by atoms with Crippen molar-refractivity contribution in [1.29, 1.82) is 0 Å². The molecule has 4 nitrogen and oxygen atoms in total. The van der Waals surface area contributed by atoms with Crippen molar-refractivity contribution in [1.82, 2.24) is 4.57 Å². The van der Waals surface area contributed by atoms with Crippen LogP contribution in [0, 0.1) is 6.92 Å². The van der Waals surface area contributed by atoms with Gasteiger partial charge in [-0.2, -0.15) is 0 Å². The van der Waals surface area contributed by atoms with Crippen molar-refractivity contribution < 1.29 is 9.90 Å². The molecule has 1 saturated carbocycles. The summed E-state index contributed by atoms with van der Waals surface area (Å²) in [7, 11) is 0. The third kappa shape index (κ3) is 2.35. The first-order chi connectivity index (χ1) is 7.68. The van der Waals surface area contributed by atoms with Crippen LogP contribution in [0.25, 0.3) is 0 Å². The summed E-state index contributed by atoms with van der Waals surface area (Å²) < 4.78 is 2.10. The van der Waals surface area contributed by atoms with Crippen molar-refractivity contribution in [3.05, 3.63) is 15.9 Å². The highest BCUT2D eigenvalue weighted by atomic mass is 32.1. The lowest BCUT2D eigenvalue weighted by Crippen LogP contribution is -2.24. The van der Waals surface area contributed by atoms with Crippen molar-refractivity contribution in [3.63, 3.8) is 0 Å². The van der Waals surface area contributed by atoms with Gasteiger partial charge in [0.2, 0.25) is 0 Å². The van der Waals surface area contributed by atoms with Gasteiger partial charge in [-0.25, -0.2) is 4.79 Å². The van der Waals surface area contributed by atoms with E-state index in [1.807, 2.05) is 12.3 Å². The molecule has 1 aliphatic carbocycles. The number of aromatic nitrogens is 1. The fraction of sp³-hybridized carbons (Fsp3) is 0.636. The zero-order valence-electron chi connectivity index (χ0n) is 9.35. The molecular weight excluding hydrogens is 224 g/mol. The Kier molecular flexibility index (Phi) is 3.43. The maximum Gasteiger partial charge on any atom is 0.433 e. The van der Waals surface area contributed by atoms with Crippen LogP contribution in [0.5, 0.6) is 0 Å². The molecule has 1 aliphatic rings. The molecule has 0 aromatic carbocycles. The summed E-state index contributed by atoms with van der Waals surface area (Å²) in [5.74, 6) is 0. The minimum absolute atomic E-state index is 0.443. The van der Waals surface area contributed by atoms with Crippen molar-refractivity contribution in [3.8, 4) is 0 Å². The normalized spacial score (nSPS) is 18.9. The Labute approximate surface area is 98.3 Å². The molecular formula is C11H16N2O2S. The lowest BCUT2D eigenvalue weighted by Gasteiger charge is -2.24. The van der Waals surface area contributed by atoms with E-state index in [0.717, 1.165) is 18.5 Å². The number of amides is 1. The number of hydrogen-bond acceptors (Lipinski definition) is 2. The standard InChI is InChI=1S/C11H16N2O2S/c1-8-7-16-10(12-11(14)15)13(8)9-5-3-2-4-6-9/h7,9H,2-6H2,1H3,(H,14,15). The summed E-state index contributed by atoms with van der Waals surface area (Å²) in [6.07, 6.45) is 4.95. The summed E-state index contributed by atoms with van der Waals surface area (Å²) in [5.41, 5.74) is 1.12. The number of carboxylic acid groups (broad SMARTS) is 1. The Morgan fingerprint density at radius 3 is 2.81 bits per heavy atom. The first-order valence-corrected chi connectivity index (χ1v) is 6.51. The Hall–Kier alpha value is -1.10. The van der Waals surface area contributed by atoms with E-state index in [1.165, 1.54) is 30.6 Å². The SMILES string of the molecule is Cc1csc(=NC(=O)O)n1C1CCCCC1. The number of nitrogens with zero attached hydrogens (tertiary/aromatic N) is 2. The molecule has 0 unspecified atom stereocenters. The Morgan fingerprint density at radius 2 is 2.19 bits per heavy atom. The predicted molar refractivity (Wildman–Crippen MR) is 62.8 cm³/mol. The van der Waals surface area contributed by atoms with Crippen molar-refractivity contribution in [2.45, 2.75) is 45.1 Å². The highest BCUT2D eigenvalue weighted by molar-refractivity contribution is 7.07. The van der Waals surface area contributed by atoms with Gasteiger partial charge >= 0.3 is 6.09 Å². The molecule has 16 heavy (non-hydrogen) atoms. The van der Waals surface area contributed by atoms with E-state index in [2.05, 4.69) is 9.56 Å². The van der Waals surface area contributed by atoms with Gasteiger partial charge < -0.3 is 9.67 Å². The molecule has 1 fully saturated rings. The second kappa shape index (κ2) is 4.82. The lowest BCUT2D eigenvalue weighted by molar-refractivity contribution is 0.204. The lowest BCUT2D eigenvalue weighted by atomic mass is 9.95. The second-order valence-corrected chi connectivity index (χ2v) is 5.05. The first kappa shape index (κ1) is 11.4. The topological polar surface area (TPSA) is 54.6 Å². The van der Waals surface area contributed by atoms with Gasteiger partial charge in [0.05, 0.1) is 0 Å². The van der Waals surface area contributed by atoms with Gasteiger partial charge in [-0.15, -0.1) is 16.3 Å². The van der Waals surface area contributed by atoms with Crippen LogP contribution in [-0.2, 0) is 0 Å². The van der Waals surface area contributed by atoms with Crippen LogP contribution >= 0.6 is 11.3 Å². The quantitative estimate of drug-likeness (QED) is 0.820. The van der Waals surface area contributed by atoms with Gasteiger partial charge in [0.1, 0.15) is 0 Å². The molecule has 1 N–H and O–H groups in total. The van der Waals surface area contributed by atoms with Crippen LogP contribution in [0.3, 0.4) is 0 Å². The van der Waals surface area contributed by atoms with Crippen LogP contribution in [0.15, 0.2) is 10.4 Å². The maximum absolute atomic E-state index is 10.6. The van der Waals surface area contributed by atoms with E-state index in [9.17, 15) is 4.79 Å². The molecule has 1 amide bonds. The van der Waals surface area contributed by atoms with Crippen molar-refractivity contribution in [2.24, 2.45) is 4.99 Å². The maximum atomic E-state index is 10.6. The van der Waals surface area contributed by atoms with E-state index in [0.29, 0.717) is 10.8 Å². The van der Waals surface area contributed by atoms with Crippen molar-refractivity contribution >= 4 is 17.4 Å². The number of thiazole rings is 1. The minimum atomic E-state index is -1.11. The summed E-state index contributed by atoms with van der Waals surface area (Å²) in [4.78, 5) is 14.9. The fourth-order valence-electron chi connectivity index (χ4n) is 2.35. The highest BCUT2D eigenvalue weighted by Gasteiger charge is 2.18. The van der Waals surface area contributed by atoms with Gasteiger partial charge in [-0.05, 0) is 19.8 Å². The Bertz CT molecular complexity index is 441. The van der Waals surface area contributed by atoms with Crippen LogP contribution in [0.1, 0.15) is 43.8 Å². The van der Waals surface area contributed by atoms with E-state index < -0.39 is 6.09 Å². The summed E-state index contributed by atoms with van der Waals surface area (Å²) in [6, 6.07) is 0.443. The average molecular weight is 240 g/mol. The summed E-state index contributed by atoms with van der Waals surface area (Å²) >= 11 is 1.41. The van der Waals surface area contributed by atoms with Crippen LogP contribution < -0.4 is 4.80 Å². The van der Waals surface area contributed by atoms with Gasteiger partial charge in [0, 0.05) is 17.1 Å². The number of hydrogen-bond donors (Lipinski definition) is 1. The second-order valence-electron chi connectivity index (χ2n) is 4.22. The van der Waals surface area contributed by atoms with Gasteiger partial charge in [0.15, 0.2) is 4.80 Å². The zero-order chi connectivity index (χ0) is 11.5. The summed E-state index contributed by atoms with van der Waals surface area (Å²) in [6.45, 7) is 2.02. The van der Waals surface area contributed by atoms with E-state index in [4.69, 9.17) is 5.11 Å². The molecule has 2 rings (SSSR count). The van der Waals surface area contributed by atoms with Crippen LogP contribution in [0.2, 0.25) is 0 Å². The molecule has 0 saturated heterocycles. The molecule has 0 bridgehead atoms. The molecule has 0 aliphatic heterocycles. The van der Waals surface area contributed by atoms with Gasteiger partial charge in [-0.1, -0.05) is 19.3 Å². The Balaban J connectivity index is 2.38. The van der Waals surface area contributed by atoms with Crippen LogP contribution in [0.4, 0.5) is 4.79 Å². The molecule has 0 radical (unpaired) electrons. The number of aryl methyl sites for hydroxylation is 1. The predicted octanol–water partition coefficient (Wildman–Crippen LogP) is 2.94. The molecule has 1 aromatic rings. The third-order valence-corrected chi connectivity index (χ3v) is 4.01. The molecule has 0 atom stereocenters. The molecule has 88 valence electrons. The zero-order valence-corrected chi connectivity index (χ0v) is 10.2. The van der Waals surface area contributed by atoms with Gasteiger partial charge in [0.25, 0.3) is 0 Å². The van der Waals surface area contributed by atoms with Crippen LogP contribution in [-0.4, -0.2) is 15.8 Å². The number of carbonyl (C=O) groups is 1. The molecule has 1 heterocycles. The van der Waals surface area contributed by atoms with E-state index >= 15 is 0 Å². The summed E-state index contributed by atoms with van der Waals surface area (Å²) in [5, 5.41) is 10.7. The van der Waals surface area contributed by atoms with Gasteiger partial charge in [-0.3, -0.25) is 0 Å². The fourth-order valence-corrected chi connectivity index (χ4v) is 3.27. The Morgan fingerprint density at radius 1 is 1.50 bits per heavy atom. The minimum Gasteiger partial charge on any atom is -0.463 e. The van der Waals surface area contributed by atoms with E-state index in [1.54, 1.807) is 0 Å². The smallest absolute Gasteiger partial charge is 0.433 e. The third-order valence-electron chi connectivity index (χ3n) is 3.05. The molecule has 5 heteroatoms. The van der Waals surface area contributed by atoms with E-state index in [-0.39, 0.29) is 0 Å². The monoisotopic (exact) mass is 240 g/mol.